The van der Waals surface area contributed by atoms with Crippen molar-refractivity contribution in [1.29, 1.82) is 0 Å². The fourth-order valence-electron chi connectivity index (χ4n) is 1.69. The van der Waals surface area contributed by atoms with Gasteiger partial charge in [0.05, 0.1) is 0 Å². The van der Waals surface area contributed by atoms with Gasteiger partial charge in [0.15, 0.2) is 0 Å². The zero-order chi connectivity index (χ0) is 11.2. The van der Waals surface area contributed by atoms with Crippen LogP contribution in [0.15, 0.2) is 24.3 Å². The Hall–Kier alpha value is -0.930. The van der Waals surface area contributed by atoms with E-state index in [-0.39, 0.29) is 5.82 Å². The molecule has 1 fully saturated rings. The van der Waals surface area contributed by atoms with Crippen molar-refractivity contribution < 1.29 is 4.39 Å². The lowest BCUT2D eigenvalue weighted by atomic mass is 10.2. The van der Waals surface area contributed by atoms with Crippen molar-refractivity contribution in [2.75, 3.05) is 13.1 Å². The molecule has 0 spiro atoms. The standard InChI is InChI=1S/C13H19FN2/c14-12-4-1-3-11(9-12)10-15-7-2-8-16-13-5-6-13/h1,3-4,9,13,15-16H,2,5-8,10H2. The topological polar surface area (TPSA) is 24.1 Å². The quantitative estimate of drug-likeness (QED) is 0.690. The third-order valence-corrected chi connectivity index (χ3v) is 2.76. The molecule has 2 N–H and O–H groups in total. The Kier molecular flexibility index (Phi) is 4.31. The van der Waals surface area contributed by atoms with Crippen molar-refractivity contribution in [3.63, 3.8) is 0 Å². The second-order valence-corrected chi connectivity index (χ2v) is 4.39. The maximum atomic E-state index is 12.9. The van der Waals surface area contributed by atoms with Crippen LogP contribution in [0.2, 0.25) is 0 Å². The van der Waals surface area contributed by atoms with Gasteiger partial charge in [-0.3, -0.25) is 0 Å². The van der Waals surface area contributed by atoms with Gasteiger partial charge >= 0.3 is 0 Å². The summed E-state index contributed by atoms with van der Waals surface area (Å²) in [5.41, 5.74) is 1.01. The molecule has 2 rings (SSSR count). The van der Waals surface area contributed by atoms with Gasteiger partial charge in [-0.2, -0.15) is 0 Å². The van der Waals surface area contributed by atoms with Gasteiger partial charge in [-0.05, 0) is 50.0 Å². The minimum Gasteiger partial charge on any atom is -0.314 e. The Bertz CT molecular complexity index is 323. The Labute approximate surface area is 96.2 Å². The first kappa shape index (κ1) is 11.6. The first-order valence-corrected chi connectivity index (χ1v) is 6.03. The van der Waals surface area contributed by atoms with Crippen molar-refractivity contribution in [2.24, 2.45) is 0 Å². The summed E-state index contributed by atoms with van der Waals surface area (Å²) in [4.78, 5) is 0. The summed E-state index contributed by atoms with van der Waals surface area (Å²) < 4.78 is 12.9. The first-order chi connectivity index (χ1) is 7.84. The van der Waals surface area contributed by atoms with Crippen LogP contribution in [0.1, 0.15) is 24.8 Å². The van der Waals surface area contributed by atoms with E-state index in [4.69, 9.17) is 0 Å². The molecule has 0 aliphatic heterocycles. The largest absolute Gasteiger partial charge is 0.314 e. The minimum absolute atomic E-state index is 0.158. The molecule has 0 heterocycles. The lowest BCUT2D eigenvalue weighted by Gasteiger charge is -2.05. The van der Waals surface area contributed by atoms with E-state index >= 15 is 0 Å². The predicted molar refractivity (Wildman–Crippen MR) is 63.7 cm³/mol. The van der Waals surface area contributed by atoms with Crippen molar-refractivity contribution in [3.05, 3.63) is 35.6 Å². The molecule has 1 saturated carbocycles. The second kappa shape index (κ2) is 5.97. The van der Waals surface area contributed by atoms with Crippen LogP contribution in [-0.2, 0) is 6.54 Å². The van der Waals surface area contributed by atoms with E-state index in [0.717, 1.165) is 37.7 Å². The number of halogens is 1. The van der Waals surface area contributed by atoms with Crippen LogP contribution in [0.3, 0.4) is 0 Å². The van der Waals surface area contributed by atoms with Gasteiger partial charge in [0.1, 0.15) is 5.82 Å². The molecule has 0 amide bonds. The number of nitrogens with one attached hydrogen (secondary N) is 2. The third kappa shape index (κ3) is 4.29. The van der Waals surface area contributed by atoms with E-state index in [1.54, 1.807) is 12.1 Å². The van der Waals surface area contributed by atoms with Gasteiger partial charge in [0, 0.05) is 12.6 Å². The van der Waals surface area contributed by atoms with Gasteiger partial charge in [-0.1, -0.05) is 12.1 Å². The van der Waals surface area contributed by atoms with Gasteiger partial charge in [-0.15, -0.1) is 0 Å². The molecule has 0 unspecified atom stereocenters. The van der Waals surface area contributed by atoms with E-state index in [1.807, 2.05) is 6.07 Å². The van der Waals surface area contributed by atoms with Gasteiger partial charge in [0.2, 0.25) is 0 Å². The fraction of sp³-hybridized carbons (Fsp3) is 0.538. The van der Waals surface area contributed by atoms with E-state index in [1.165, 1.54) is 18.9 Å². The number of hydrogen-bond acceptors (Lipinski definition) is 2. The molecule has 1 aromatic carbocycles. The third-order valence-electron chi connectivity index (χ3n) is 2.76. The molecule has 0 saturated heterocycles. The zero-order valence-corrected chi connectivity index (χ0v) is 9.51. The SMILES string of the molecule is Fc1cccc(CNCCCNC2CC2)c1. The molecule has 0 radical (unpaired) electrons. The summed E-state index contributed by atoms with van der Waals surface area (Å²) in [5, 5.41) is 6.78. The lowest BCUT2D eigenvalue weighted by Crippen LogP contribution is -2.23. The average molecular weight is 222 g/mol. The Morgan fingerprint density at radius 1 is 1.25 bits per heavy atom. The zero-order valence-electron chi connectivity index (χ0n) is 9.51. The summed E-state index contributed by atoms with van der Waals surface area (Å²) in [6.07, 6.45) is 3.82. The van der Waals surface area contributed by atoms with Crippen LogP contribution in [0.4, 0.5) is 4.39 Å². The van der Waals surface area contributed by atoms with Crippen molar-refractivity contribution in [3.8, 4) is 0 Å². The molecule has 16 heavy (non-hydrogen) atoms. The summed E-state index contributed by atoms with van der Waals surface area (Å²) in [6, 6.07) is 7.54. The second-order valence-electron chi connectivity index (χ2n) is 4.39. The summed E-state index contributed by atoms with van der Waals surface area (Å²) >= 11 is 0. The van der Waals surface area contributed by atoms with Gasteiger partial charge < -0.3 is 10.6 Å². The normalized spacial score (nSPS) is 15.3. The lowest BCUT2D eigenvalue weighted by molar-refractivity contribution is 0.588. The molecular formula is C13H19FN2. The molecule has 1 aliphatic rings. The van der Waals surface area contributed by atoms with Gasteiger partial charge in [-0.25, -0.2) is 4.39 Å². The molecule has 88 valence electrons. The highest BCUT2D eigenvalue weighted by Gasteiger charge is 2.19. The molecule has 0 bridgehead atoms. The van der Waals surface area contributed by atoms with Gasteiger partial charge in [0.25, 0.3) is 0 Å². The molecule has 1 aliphatic carbocycles. The molecular weight excluding hydrogens is 203 g/mol. The Morgan fingerprint density at radius 2 is 2.12 bits per heavy atom. The number of rotatable bonds is 7. The van der Waals surface area contributed by atoms with Crippen LogP contribution < -0.4 is 10.6 Å². The Morgan fingerprint density at radius 3 is 2.88 bits per heavy atom. The van der Waals surface area contributed by atoms with E-state index in [2.05, 4.69) is 10.6 Å². The van der Waals surface area contributed by atoms with Crippen molar-refractivity contribution >= 4 is 0 Å². The summed E-state index contributed by atoms with van der Waals surface area (Å²) in [5.74, 6) is -0.158. The highest BCUT2D eigenvalue weighted by molar-refractivity contribution is 5.15. The first-order valence-electron chi connectivity index (χ1n) is 6.03. The molecule has 0 aromatic heterocycles. The van der Waals surface area contributed by atoms with Crippen molar-refractivity contribution in [2.45, 2.75) is 31.8 Å². The van der Waals surface area contributed by atoms with E-state index < -0.39 is 0 Å². The van der Waals surface area contributed by atoms with E-state index in [9.17, 15) is 4.39 Å². The molecule has 0 atom stereocenters. The average Bonchev–Trinajstić information content (AvgIpc) is 3.07. The van der Waals surface area contributed by atoms with Crippen LogP contribution in [0.25, 0.3) is 0 Å². The number of benzene rings is 1. The highest BCUT2D eigenvalue weighted by Crippen LogP contribution is 2.18. The Balaban J connectivity index is 1.53. The molecule has 1 aromatic rings. The number of hydrogen-bond donors (Lipinski definition) is 2. The summed E-state index contributed by atoms with van der Waals surface area (Å²) in [7, 11) is 0. The smallest absolute Gasteiger partial charge is 0.123 e. The molecule has 2 nitrogen and oxygen atoms in total. The minimum atomic E-state index is -0.158. The highest BCUT2D eigenvalue weighted by atomic mass is 19.1. The van der Waals surface area contributed by atoms with Crippen LogP contribution in [-0.4, -0.2) is 19.1 Å². The van der Waals surface area contributed by atoms with Crippen LogP contribution in [0, 0.1) is 5.82 Å². The monoisotopic (exact) mass is 222 g/mol. The fourth-order valence-corrected chi connectivity index (χ4v) is 1.69. The maximum absolute atomic E-state index is 12.9. The maximum Gasteiger partial charge on any atom is 0.123 e. The van der Waals surface area contributed by atoms with Crippen molar-refractivity contribution in [1.82, 2.24) is 10.6 Å². The van der Waals surface area contributed by atoms with Crippen LogP contribution in [0.5, 0.6) is 0 Å². The van der Waals surface area contributed by atoms with Crippen LogP contribution >= 0.6 is 0 Å². The van der Waals surface area contributed by atoms with E-state index in [0.29, 0.717) is 0 Å². The predicted octanol–water partition coefficient (Wildman–Crippen LogP) is 2.06. The molecule has 3 heteroatoms. The summed E-state index contributed by atoms with van der Waals surface area (Å²) in [6.45, 7) is 2.82.